The minimum absolute atomic E-state index is 0.109. The van der Waals surface area contributed by atoms with Crippen LogP contribution in [0.2, 0.25) is 0 Å². The van der Waals surface area contributed by atoms with Crippen molar-refractivity contribution in [3.8, 4) is 12.1 Å². The van der Waals surface area contributed by atoms with E-state index in [2.05, 4.69) is 60.1 Å². The van der Waals surface area contributed by atoms with Crippen LogP contribution in [0.5, 0.6) is 0 Å². The Hall–Kier alpha value is -3.17. The van der Waals surface area contributed by atoms with E-state index in [1.165, 1.54) is 12.8 Å². The summed E-state index contributed by atoms with van der Waals surface area (Å²) in [4.78, 5) is 43.1. The number of nitriles is 2. The largest absolute Gasteiger partial charge is 0.495 e. The lowest BCUT2D eigenvalue weighted by Crippen LogP contribution is -2.41. The van der Waals surface area contributed by atoms with Crippen LogP contribution in [-0.2, 0) is 28.2 Å². The van der Waals surface area contributed by atoms with Crippen molar-refractivity contribution in [3.05, 3.63) is 58.7 Å². The van der Waals surface area contributed by atoms with Crippen LogP contribution in [0, 0.1) is 29.6 Å². The van der Waals surface area contributed by atoms with Gasteiger partial charge in [-0.25, -0.2) is 13.5 Å². The number of aromatic carboxylic acids is 2. The van der Waals surface area contributed by atoms with Gasteiger partial charge in [0.15, 0.2) is 0 Å². The molecule has 2 aliphatic carbocycles. The fraction of sp³-hybridized carbons (Fsp3) is 0.609. The van der Waals surface area contributed by atoms with E-state index in [4.69, 9.17) is 45.7 Å². The van der Waals surface area contributed by atoms with Crippen LogP contribution in [-0.4, -0.2) is 85.6 Å². The molecular weight excluding hydrogens is 1040 g/mol. The summed E-state index contributed by atoms with van der Waals surface area (Å²) >= 11 is 9.72. The highest BCUT2D eigenvalue weighted by atomic mass is 79.9. The number of carboxylic acids is 2. The van der Waals surface area contributed by atoms with Crippen LogP contribution in [0.25, 0.3) is 0 Å². The van der Waals surface area contributed by atoms with Crippen molar-refractivity contribution in [1.29, 1.82) is 10.5 Å². The number of carboxylic acid groups (broad SMARTS) is 2. The number of hydrogen-bond donors (Lipinski definition) is 4. The molecule has 2 saturated carbocycles. The topological polar surface area (TPSA) is 249 Å². The summed E-state index contributed by atoms with van der Waals surface area (Å²) < 4.78 is 24.8. The number of rotatable bonds is 5. The van der Waals surface area contributed by atoms with E-state index in [9.17, 15) is 24.3 Å². The molecule has 0 bridgehead atoms. The van der Waals surface area contributed by atoms with Crippen LogP contribution in [0.15, 0.2) is 36.4 Å². The minimum Gasteiger partial charge on any atom is -0.478 e. The van der Waals surface area contributed by atoms with Gasteiger partial charge in [-0.15, -0.1) is 0 Å². The van der Waals surface area contributed by atoms with Gasteiger partial charge in [-0.1, -0.05) is 88.1 Å². The molecule has 15 nitrogen and oxygen atoms in total. The first kappa shape index (κ1) is 57.1. The SMILES string of the molecule is CC1(C)OB(c2cc(C(=O)O)ccc2C(Br)Br)OC1(C)C.Cc1ccc(C(=O)O)cc1B1OC(C)(C)C(C)(C)O1.N#CC1(N)CCCCC1.N#CC1(N)CCCCC1.O=C1CCC(=O)N1Br. The highest BCUT2D eigenvalue weighted by molar-refractivity contribution is 9.24. The zero-order valence-electron chi connectivity index (χ0n) is 39.5. The van der Waals surface area contributed by atoms with Gasteiger partial charge in [0.05, 0.1) is 65.6 Å². The third kappa shape index (κ3) is 15.2. The van der Waals surface area contributed by atoms with E-state index in [0.29, 0.717) is 18.3 Å². The van der Waals surface area contributed by atoms with Gasteiger partial charge >= 0.3 is 26.2 Å². The minimum atomic E-state index is -0.972. The van der Waals surface area contributed by atoms with Gasteiger partial charge in [-0.05, 0) is 129 Å². The molecule has 0 radical (unpaired) electrons. The quantitative estimate of drug-likeness (QED) is 0.0953. The molecule has 20 heteroatoms. The first-order valence-electron chi connectivity index (χ1n) is 22.1. The maximum absolute atomic E-state index is 11.2. The number of nitrogens with zero attached hydrogens (tertiary/aromatic N) is 3. The van der Waals surface area contributed by atoms with Crippen molar-refractivity contribution in [3.63, 3.8) is 0 Å². The first-order valence-corrected chi connectivity index (χ1v) is 24.6. The number of amides is 2. The van der Waals surface area contributed by atoms with E-state index in [-0.39, 0.29) is 26.7 Å². The molecule has 0 aromatic heterocycles. The molecule has 6 N–H and O–H groups in total. The molecule has 7 rings (SSSR count). The Bertz CT molecular complexity index is 2070. The van der Waals surface area contributed by atoms with Crippen molar-refractivity contribution in [1.82, 2.24) is 3.93 Å². The Labute approximate surface area is 415 Å². The summed E-state index contributed by atoms with van der Waals surface area (Å²) in [5.41, 5.74) is 12.5. The number of alkyl halides is 2. The number of carbonyl (C=O) groups is 4. The smallest absolute Gasteiger partial charge is 0.478 e. The monoisotopic (exact) mass is 1110 g/mol. The van der Waals surface area contributed by atoms with Gasteiger partial charge in [0.2, 0.25) is 11.8 Å². The van der Waals surface area contributed by atoms with E-state index >= 15 is 0 Å². The van der Waals surface area contributed by atoms with Crippen LogP contribution in [0.3, 0.4) is 0 Å². The van der Waals surface area contributed by atoms with Gasteiger partial charge in [0.1, 0.15) is 11.1 Å². The predicted molar refractivity (Wildman–Crippen MR) is 265 cm³/mol. The highest BCUT2D eigenvalue weighted by Crippen LogP contribution is 2.39. The maximum atomic E-state index is 11.2. The fourth-order valence-corrected chi connectivity index (χ4v) is 8.40. The predicted octanol–water partition coefficient (Wildman–Crippen LogP) is 8.25. The second kappa shape index (κ2) is 23.4. The summed E-state index contributed by atoms with van der Waals surface area (Å²) in [5.74, 6) is -2.21. The average molecular weight is 1110 g/mol. The molecule has 3 heterocycles. The molecule has 360 valence electrons. The van der Waals surface area contributed by atoms with E-state index in [0.717, 1.165) is 71.9 Å². The Kier molecular flexibility index (Phi) is 20.3. The summed E-state index contributed by atoms with van der Waals surface area (Å²) in [5, 5.41) is 35.4. The number of imide groups is 1. The van der Waals surface area contributed by atoms with E-state index in [1.54, 1.807) is 36.4 Å². The fourth-order valence-electron chi connectivity index (χ4n) is 7.22. The van der Waals surface area contributed by atoms with Gasteiger partial charge in [-0.2, -0.15) is 10.5 Å². The molecule has 5 aliphatic rings. The highest BCUT2D eigenvalue weighted by Gasteiger charge is 2.53. The number of nitrogens with two attached hydrogens (primary N) is 2. The maximum Gasteiger partial charge on any atom is 0.495 e. The molecule has 0 unspecified atom stereocenters. The zero-order chi connectivity index (χ0) is 50.1. The summed E-state index contributed by atoms with van der Waals surface area (Å²) in [6.45, 7) is 17.7. The molecule has 3 aliphatic heterocycles. The van der Waals surface area contributed by atoms with Crippen LogP contribution >= 0.6 is 48.0 Å². The van der Waals surface area contributed by atoms with Crippen LogP contribution < -0.4 is 22.4 Å². The van der Waals surface area contributed by atoms with Crippen molar-refractivity contribution < 1.29 is 48.0 Å². The van der Waals surface area contributed by atoms with Crippen molar-refractivity contribution >= 4 is 96.9 Å². The number of aryl methyl sites for hydroxylation is 1. The first-order chi connectivity index (χ1) is 30.4. The normalized spacial score (nSPS) is 21.6. The molecule has 5 fully saturated rings. The van der Waals surface area contributed by atoms with Gasteiger partial charge in [-0.3, -0.25) is 9.59 Å². The standard InChI is InChI=1S/C14H17BBr2O4.C14H19BO4.2C7H12N2.C4H4BrNO2/c1-13(2)14(3,4)21-15(20-13)10-7-8(12(18)19)5-6-9(10)11(16)17;1-9-6-7-10(12(16)17)8-11(9)15-18-13(2,3)14(4,5)19-15;2*8-6-7(9)4-2-1-3-5-7;5-6-3(7)1-2-4(6)8/h5-7,11H,1-4H3,(H,18,19);6-8H,1-5H3,(H,16,17);2*1-5,9H2;1-2H2. The van der Waals surface area contributed by atoms with Crippen molar-refractivity contribution in [2.24, 2.45) is 11.5 Å². The molecule has 3 saturated heterocycles. The lowest BCUT2D eigenvalue weighted by molar-refractivity contribution is -0.131. The number of benzene rings is 2. The Morgan fingerprint density at radius 3 is 1.27 bits per heavy atom. The third-order valence-electron chi connectivity index (χ3n) is 13.0. The number of halogens is 3. The molecule has 66 heavy (non-hydrogen) atoms. The molecule has 2 aromatic carbocycles. The Balaban J connectivity index is 0.000000233. The lowest BCUT2D eigenvalue weighted by Gasteiger charge is -2.32. The molecule has 2 aromatic rings. The van der Waals surface area contributed by atoms with Crippen molar-refractivity contribution in [2.75, 3.05) is 0 Å². The Morgan fingerprint density at radius 2 is 0.985 bits per heavy atom. The van der Waals surface area contributed by atoms with Crippen LogP contribution in [0.1, 0.15) is 168 Å². The third-order valence-corrected chi connectivity index (χ3v) is 14.8. The second-order valence-corrected chi connectivity index (χ2v) is 23.0. The lowest BCUT2D eigenvalue weighted by atomic mass is 9.75. The summed E-state index contributed by atoms with van der Waals surface area (Å²) in [6, 6.07) is 14.3. The summed E-state index contributed by atoms with van der Waals surface area (Å²) in [7, 11) is -1.12. The van der Waals surface area contributed by atoms with E-state index < -0.39 is 59.7 Å². The van der Waals surface area contributed by atoms with Gasteiger partial charge in [0, 0.05) is 12.8 Å². The van der Waals surface area contributed by atoms with E-state index in [1.807, 2.05) is 62.3 Å². The molecular formula is C46H64B2Br3N5O10. The number of hydrogen-bond acceptors (Lipinski definition) is 12. The average Bonchev–Trinajstić information content (AvgIpc) is 3.76. The van der Waals surface area contributed by atoms with Crippen LogP contribution in [0.4, 0.5) is 0 Å². The molecule has 2 amide bonds. The van der Waals surface area contributed by atoms with Crippen molar-refractivity contribution in [2.45, 2.75) is 177 Å². The van der Waals surface area contributed by atoms with Gasteiger partial charge < -0.3 is 40.3 Å². The molecule has 0 atom stereocenters. The Morgan fingerprint density at radius 1 is 0.652 bits per heavy atom. The summed E-state index contributed by atoms with van der Waals surface area (Å²) in [6.07, 6.45) is 11.3. The number of carbonyl (C=O) groups excluding carboxylic acids is 2. The second-order valence-electron chi connectivity index (χ2n) is 19.2. The van der Waals surface area contributed by atoms with Gasteiger partial charge in [0.25, 0.3) is 0 Å². The molecule has 0 spiro atoms. The zero-order valence-corrected chi connectivity index (χ0v) is 44.2.